The Hall–Kier alpha value is -8.15. The molecule has 0 aliphatic heterocycles. The number of fused-ring (bicyclic) bond motifs is 4. The Bertz CT molecular complexity index is 3970. The van der Waals surface area contributed by atoms with Crippen LogP contribution in [0.25, 0.3) is 132 Å². The summed E-state index contributed by atoms with van der Waals surface area (Å²) in [4.78, 5) is 15.5. The summed E-state index contributed by atoms with van der Waals surface area (Å²) in [5.41, 5.74) is 12.6. The van der Waals surface area contributed by atoms with Crippen LogP contribution >= 0.6 is 0 Å². The third-order valence-corrected chi connectivity index (χ3v) is 12.8. The molecule has 5 nitrogen and oxygen atoms in total. The molecule has 5 heteroatoms. The largest absolute Gasteiger partial charge is 0.309 e. The van der Waals surface area contributed by atoms with Gasteiger partial charge in [0.2, 0.25) is 0 Å². The van der Waals surface area contributed by atoms with Crippen molar-refractivity contribution in [3.8, 4) is 51.0 Å². The molecule has 5 heterocycles. The fourth-order valence-electron chi connectivity index (χ4n) is 10.3. The van der Waals surface area contributed by atoms with E-state index in [4.69, 9.17) is 15.0 Å². The van der Waals surface area contributed by atoms with Gasteiger partial charge in [0.25, 0.3) is 0 Å². The zero-order valence-corrected chi connectivity index (χ0v) is 32.1. The molecule has 0 N–H and O–H groups in total. The Kier molecular flexibility index (Phi) is 6.23. The van der Waals surface area contributed by atoms with Crippen molar-refractivity contribution in [2.24, 2.45) is 0 Å². The normalized spacial score (nSPS) is 12.3. The first-order chi connectivity index (χ1) is 29.8. The Balaban J connectivity index is 1.02. The van der Waals surface area contributed by atoms with E-state index in [0.29, 0.717) is 17.5 Å². The molecule has 0 atom stereocenters. The summed E-state index contributed by atoms with van der Waals surface area (Å²) in [6.45, 7) is 0. The van der Waals surface area contributed by atoms with Crippen LogP contribution in [0.1, 0.15) is 0 Å². The van der Waals surface area contributed by atoms with Gasteiger partial charge in [0.05, 0.1) is 33.3 Å². The smallest absolute Gasteiger partial charge is 0.164 e. The molecule has 14 rings (SSSR count). The van der Waals surface area contributed by atoms with Crippen LogP contribution < -0.4 is 0 Å². The average Bonchev–Trinajstić information content (AvgIpc) is 3.94. The lowest BCUT2D eigenvalue weighted by atomic mass is 10.0. The summed E-state index contributed by atoms with van der Waals surface area (Å²) in [7, 11) is 0. The van der Waals surface area contributed by atoms with E-state index in [0.717, 1.165) is 38.7 Å². The molecule has 0 amide bonds. The Labute approximate surface area is 343 Å². The zero-order valence-electron chi connectivity index (χ0n) is 32.1. The highest BCUT2D eigenvalue weighted by Gasteiger charge is 2.27. The number of nitrogens with zero attached hydrogens (tertiary/aromatic N) is 5. The Morgan fingerprint density at radius 1 is 0.283 bits per heavy atom. The summed E-state index contributed by atoms with van der Waals surface area (Å²) in [5.74, 6) is 1.92. The molecule has 0 fully saturated rings. The third-order valence-electron chi connectivity index (χ3n) is 12.8. The lowest BCUT2D eigenvalue weighted by Crippen LogP contribution is -2.02. The minimum absolute atomic E-state index is 0.638. The molecular weight excluding hydrogens is 731 g/mol. The number of benzene rings is 9. The first kappa shape index (κ1) is 31.9. The predicted octanol–water partition coefficient (Wildman–Crippen LogP) is 14.0. The van der Waals surface area contributed by atoms with Gasteiger partial charge in [0, 0.05) is 59.8 Å². The molecule has 0 saturated heterocycles. The molecule has 60 heavy (non-hydrogen) atoms. The zero-order chi connectivity index (χ0) is 39.1. The van der Waals surface area contributed by atoms with E-state index in [1.165, 1.54) is 76.2 Å². The lowest BCUT2D eigenvalue weighted by molar-refractivity contribution is 1.08. The van der Waals surface area contributed by atoms with E-state index in [1.807, 2.05) is 24.3 Å². The van der Waals surface area contributed by atoms with Crippen molar-refractivity contribution in [3.05, 3.63) is 188 Å². The SMILES string of the molecule is c1ccc(-c2ccc(-c3nc(-c4ccccc4)nc(-c4ccc(-n5c6cccc7c8cccc9c%10cccc%11c%12ccc5c(c76)c%12n(c89)c%10%11)c5ccccc45)n3)cc2)cc1. The highest BCUT2D eigenvalue weighted by Crippen LogP contribution is 2.49. The van der Waals surface area contributed by atoms with E-state index >= 15 is 0 Å². The van der Waals surface area contributed by atoms with Crippen LogP contribution in [0.5, 0.6) is 0 Å². The van der Waals surface area contributed by atoms with Gasteiger partial charge in [-0.2, -0.15) is 0 Å². The molecule has 0 radical (unpaired) electrons. The number of hydrogen-bond donors (Lipinski definition) is 0. The molecule has 0 saturated carbocycles. The van der Waals surface area contributed by atoms with Crippen LogP contribution in [0.3, 0.4) is 0 Å². The van der Waals surface area contributed by atoms with Crippen LogP contribution in [0.4, 0.5) is 0 Å². The highest BCUT2D eigenvalue weighted by atomic mass is 15.0. The molecule has 0 bridgehead atoms. The van der Waals surface area contributed by atoms with Crippen LogP contribution in [0.15, 0.2) is 188 Å². The van der Waals surface area contributed by atoms with Gasteiger partial charge in [-0.05, 0) is 46.2 Å². The van der Waals surface area contributed by atoms with Crippen LogP contribution in [-0.2, 0) is 0 Å². The van der Waals surface area contributed by atoms with E-state index < -0.39 is 0 Å². The molecular formula is C55H31N5. The van der Waals surface area contributed by atoms with Gasteiger partial charge in [-0.1, -0.05) is 164 Å². The fourth-order valence-corrected chi connectivity index (χ4v) is 10.3. The molecule has 0 aliphatic rings. The second-order valence-corrected chi connectivity index (χ2v) is 15.9. The van der Waals surface area contributed by atoms with Crippen molar-refractivity contribution in [2.75, 3.05) is 0 Å². The number of para-hydroxylation sites is 2. The number of rotatable bonds is 5. The van der Waals surface area contributed by atoms with E-state index in [9.17, 15) is 0 Å². The highest BCUT2D eigenvalue weighted by molar-refractivity contribution is 6.38. The van der Waals surface area contributed by atoms with Gasteiger partial charge in [-0.25, -0.2) is 15.0 Å². The average molecular weight is 762 g/mol. The lowest BCUT2D eigenvalue weighted by Gasteiger charge is -2.15. The molecule has 5 aromatic heterocycles. The van der Waals surface area contributed by atoms with E-state index in [-0.39, 0.29) is 0 Å². The summed E-state index contributed by atoms with van der Waals surface area (Å²) < 4.78 is 5.05. The van der Waals surface area contributed by atoms with Gasteiger partial charge in [-0.15, -0.1) is 0 Å². The topological polar surface area (TPSA) is 48.0 Å². The van der Waals surface area contributed by atoms with E-state index in [1.54, 1.807) is 0 Å². The molecule has 0 spiro atoms. The summed E-state index contributed by atoms with van der Waals surface area (Å²) >= 11 is 0. The van der Waals surface area contributed by atoms with Gasteiger partial charge < -0.3 is 8.97 Å². The van der Waals surface area contributed by atoms with Gasteiger partial charge >= 0.3 is 0 Å². The first-order valence-corrected chi connectivity index (χ1v) is 20.5. The molecule has 9 aromatic carbocycles. The number of hydrogen-bond acceptors (Lipinski definition) is 3. The molecule has 0 unspecified atom stereocenters. The fraction of sp³-hybridized carbons (Fsp3) is 0. The monoisotopic (exact) mass is 761 g/mol. The third kappa shape index (κ3) is 4.17. The van der Waals surface area contributed by atoms with Crippen molar-refractivity contribution >= 4 is 81.4 Å². The van der Waals surface area contributed by atoms with Crippen molar-refractivity contribution in [2.45, 2.75) is 0 Å². The predicted molar refractivity (Wildman–Crippen MR) is 248 cm³/mol. The maximum Gasteiger partial charge on any atom is 0.164 e. The minimum Gasteiger partial charge on any atom is -0.309 e. The number of aromatic nitrogens is 5. The van der Waals surface area contributed by atoms with Crippen LogP contribution in [0.2, 0.25) is 0 Å². The molecule has 0 aliphatic carbocycles. The van der Waals surface area contributed by atoms with Crippen molar-refractivity contribution in [3.63, 3.8) is 0 Å². The minimum atomic E-state index is 0.638. The maximum atomic E-state index is 5.22. The van der Waals surface area contributed by atoms with Gasteiger partial charge in [-0.3, -0.25) is 0 Å². The van der Waals surface area contributed by atoms with Gasteiger partial charge in [0.1, 0.15) is 0 Å². The Morgan fingerprint density at radius 2 is 0.767 bits per heavy atom. The van der Waals surface area contributed by atoms with Crippen LogP contribution in [-0.4, -0.2) is 23.9 Å². The van der Waals surface area contributed by atoms with Crippen molar-refractivity contribution < 1.29 is 0 Å². The Morgan fingerprint density at radius 3 is 1.47 bits per heavy atom. The summed E-state index contributed by atoms with van der Waals surface area (Å²) in [6.07, 6.45) is 0. The van der Waals surface area contributed by atoms with Crippen LogP contribution in [0, 0.1) is 0 Å². The van der Waals surface area contributed by atoms with Gasteiger partial charge in [0.15, 0.2) is 17.5 Å². The summed E-state index contributed by atoms with van der Waals surface area (Å²) in [5, 5.41) is 12.6. The molecule has 14 aromatic rings. The van der Waals surface area contributed by atoms with Crippen molar-refractivity contribution in [1.82, 2.24) is 23.9 Å². The second kappa shape index (κ2) is 11.7. The van der Waals surface area contributed by atoms with Crippen molar-refractivity contribution in [1.29, 1.82) is 0 Å². The first-order valence-electron chi connectivity index (χ1n) is 20.5. The maximum absolute atomic E-state index is 5.22. The standard InChI is InChI=1S/C55H31N5/c1-3-12-32(13-4-1)33-24-26-35(27-25-33)54-56-53(34-14-5-2-6-15-34)57-55(58-54)44-29-30-45(37-17-8-7-16-36(37)44)59-46-23-11-18-38-39-19-9-20-40-41-21-10-22-42-43-28-31-47(59)49(48(38)46)52(43)60(50(39)40)51(41)42/h1-31H. The molecule has 276 valence electrons. The van der Waals surface area contributed by atoms with E-state index in [2.05, 4.69) is 173 Å². The quantitative estimate of drug-likeness (QED) is 0.175. The second-order valence-electron chi connectivity index (χ2n) is 15.9. The summed E-state index contributed by atoms with van der Waals surface area (Å²) in [6, 6.07) is 67.4.